The number of hydrogen-bond donors (Lipinski definition) is 2. The fourth-order valence-electron chi connectivity index (χ4n) is 4.07. The van der Waals surface area contributed by atoms with Crippen LogP contribution < -0.4 is 5.32 Å². The fraction of sp³-hybridized carbons (Fsp3) is 0.636. The summed E-state index contributed by atoms with van der Waals surface area (Å²) in [5.74, 6) is -5.99. The van der Waals surface area contributed by atoms with Gasteiger partial charge in [0.2, 0.25) is 12.3 Å². The van der Waals surface area contributed by atoms with Crippen LogP contribution in [0.4, 0.5) is 22.4 Å². The van der Waals surface area contributed by atoms with Crippen LogP contribution in [0.2, 0.25) is 0 Å². The van der Waals surface area contributed by atoms with Gasteiger partial charge in [-0.05, 0) is 51.2 Å². The summed E-state index contributed by atoms with van der Waals surface area (Å²) < 4.78 is 59.8. The van der Waals surface area contributed by atoms with E-state index >= 15 is 0 Å². The number of rotatable bonds is 7. The number of imidazole rings is 1. The Kier molecular flexibility index (Phi) is 7.37. The molecule has 0 aliphatic heterocycles. The molecule has 8 nitrogen and oxygen atoms in total. The zero-order valence-corrected chi connectivity index (χ0v) is 19.1. The number of aliphatic carboxylic acids is 1. The number of nitrogens with one attached hydrogen (secondary N) is 1. The third-order valence-electron chi connectivity index (χ3n) is 5.70. The number of carbonyl (C=O) groups is 2. The van der Waals surface area contributed by atoms with Crippen LogP contribution in [-0.4, -0.2) is 49.7 Å². The second-order valence-electron chi connectivity index (χ2n) is 9.59. The highest BCUT2D eigenvalue weighted by Gasteiger charge is 2.39. The molecule has 3 rings (SSSR count). The maximum atomic E-state index is 13.7. The number of fused-ring (bicyclic) bond motifs is 1. The average Bonchev–Trinajstić information content (AvgIpc) is 3.12. The molecule has 34 heavy (non-hydrogen) atoms. The number of hydrogen-bond acceptors (Lipinski definition) is 5. The Labute approximate surface area is 193 Å². The molecule has 2 aromatic rings. The number of carboxylic acid groups (broad SMARTS) is 1. The number of alkyl carbamates (subject to hydrolysis) is 1. The van der Waals surface area contributed by atoms with Crippen LogP contribution in [0.1, 0.15) is 76.1 Å². The SMILES string of the molecule is CC(C)(C)OC(=O)N[C@H](c1cn2ncc(C(CC(F)F)C(=O)O)cc2n1)C1CCC(F)(F)CC1. The molecule has 1 saturated carbocycles. The summed E-state index contributed by atoms with van der Waals surface area (Å²) in [7, 11) is 0. The van der Waals surface area contributed by atoms with Crippen molar-refractivity contribution in [2.24, 2.45) is 5.92 Å². The molecule has 0 saturated heterocycles. The second kappa shape index (κ2) is 9.75. The van der Waals surface area contributed by atoms with E-state index in [0.29, 0.717) is 5.69 Å². The van der Waals surface area contributed by atoms with E-state index in [0.717, 1.165) is 0 Å². The lowest BCUT2D eigenvalue weighted by molar-refractivity contribution is -0.139. The third kappa shape index (κ3) is 6.57. The van der Waals surface area contributed by atoms with Crippen molar-refractivity contribution in [3.63, 3.8) is 0 Å². The van der Waals surface area contributed by atoms with Gasteiger partial charge in [0.05, 0.1) is 30.0 Å². The van der Waals surface area contributed by atoms with Crippen LogP contribution in [0.25, 0.3) is 5.65 Å². The normalized spacial score (nSPS) is 18.6. The van der Waals surface area contributed by atoms with Gasteiger partial charge in [-0.15, -0.1) is 0 Å². The molecule has 2 heterocycles. The van der Waals surface area contributed by atoms with Gasteiger partial charge in [0.25, 0.3) is 0 Å². The highest BCUT2D eigenvalue weighted by Crippen LogP contribution is 2.41. The smallest absolute Gasteiger partial charge is 0.408 e. The van der Waals surface area contributed by atoms with E-state index in [-0.39, 0.29) is 42.8 Å². The van der Waals surface area contributed by atoms with Crippen molar-refractivity contribution < 1.29 is 37.0 Å². The molecule has 1 amide bonds. The zero-order valence-electron chi connectivity index (χ0n) is 19.1. The van der Waals surface area contributed by atoms with Gasteiger partial charge in [-0.2, -0.15) is 5.10 Å². The fourth-order valence-corrected chi connectivity index (χ4v) is 4.07. The quantitative estimate of drug-likeness (QED) is 0.535. The molecule has 1 unspecified atom stereocenters. The molecule has 0 radical (unpaired) electrons. The van der Waals surface area contributed by atoms with Crippen LogP contribution in [0.15, 0.2) is 18.5 Å². The van der Waals surface area contributed by atoms with Crippen LogP contribution in [0, 0.1) is 5.92 Å². The van der Waals surface area contributed by atoms with E-state index in [4.69, 9.17) is 4.74 Å². The van der Waals surface area contributed by atoms with Gasteiger partial charge in [0.15, 0.2) is 5.65 Å². The van der Waals surface area contributed by atoms with Gasteiger partial charge in [0, 0.05) is 19.3 Å². The third-order valence-corrected chi connectivity index (χ3v) is 5.70. The van der Waals surface area contributed by atoms with E-state index in [1.165, 1.54) is 23.0 Å². The number of aromatic nitrogens is 3. The van der Waals surface area contributed by atoms with Gasteiger partial charge in [-0.3, -0.25) is 4.79 Å². The molecular weight excluding hydrogens is 460 g/mol. The molecule has 0 aromatic carbocycles. The van der Waals surface area contributed by atoms with Crippen molar-refractivity contribution in [2.75, 3.05) is 0 Å². The van der Waals surface area contributed by atoms with Crippen molar-refractivity contribution in [3.05, 3.63) is 29.7 Å². The van der Waals surface area contributed by atoms with E-state index < -0.39 is 48.4 Å². The number of carboxylic acids is 1. The highest BCUT2D eigenvalue weighted by atomic mass is 19.3. The first-order valence-electron chi connectivity index (χ1n) is 11.0. The molecule has 2 N–H and O–H groups in total. The lowest BCUT2D eigenvalue weighted by Crippen LogP contribution is -2.40. The Morgan fingerprint density at radius 3 is 2.50 bits per heavy atom. The first kappa shape index (κ1) is 25.7. The first-order valence-corrected chi connectivity index (χ1v) is 11.0. The second-order valence-corrected chi connectivity index (χ2v) is 9.59. The summed E-state index contributed by atoms with van der Waals surface area (Å²) in [5.41, 5.74) is -0.205. The maximum Gasteiger partial charge on any atom is 0.408 e. The molecule has 0 spiro atoms. The van der Waals surface area contributed by atoms with Crippen molar-refractivity contribution in [2.45, 2.75) is 82.8 Å². The Bertz CT molecular complexity index is 1030. The molecule has 1 aliphatic rings. The van der Waals surface area contributed by atoms with E-state index in [2.05, 4.69) is 15.4 Å². The summed E-state index contributed by atoms with van der Waals surface area (Å²) in [6.45, 7) is 5.08. The van der Waals surface area contributed by atoms with E-state index in [9.17, 15) is 32.3 Å². The van der Waals surface area contributed by atoms with E-state index in [1.54, 1.807) is 20.8 Å². The predicted octanol–water partition coefficient (Wildman–Crippen LogP) is 4.94. The average molecular weight is 488 g/mol. The minimum Gasteiger partial charge on any atom is -0.481 e. The van der Waals surface area contributed by atoms with Crippen LogP contribution >= 0.6 is 0 Å². The number of nitrogens with zero attached hydrogens (tertiary/aromatic N) is 3. The van der Waals surface area contributed by atoms with Crippen molar-refractivity contribution >= 4 is 17.7 Å². The first-order chi connectivity index (χ1) is 15.7. The van der Waals surface area contributed by atoms with Crippen molar-refractivity contribution in [1.82, 2.24) is 19.9 Å². The number of alkyl halides is 4. The Morgan fingerprint density at radius 1 is 1.29 bits per heavy atom. The summed E-state index contributed by atoms with van der Waals surface area (Å²) in [5, 5.41) is 16.1. The highest BCUT2D eigenvalue weighted by molar-refractivity contribution is 5.76. The zero-order chi connectivity index (χ0) is 25.3. The summed E-state index contributed by atoms with van der Waals surface area (Å²) in [6.07, 6.45) is -2.11. The summed E-state index contributed by atoms with van der Waals surface area (Å²) >= 11 is 0. The van der Waals surface area contributed by atoms with Crippen molar-refractivity contribution in [3.8, 4) is 0 Å². The van der Waals surface area contributed by atoms with Crippen LogP contribution in [-0.2, 0) is 9.53 Å². The van der Waals surface area contributed by atoms with Gasteiger partial charge in [-0.25, -0.2) is 31.9 Å². The van der Waals surface area contributed by atoms with Crippen molar-refractivity contribution in [1.29, 1.82) is 0 Å². The molecule has 1 aliphatic carbocycles. The van der Waals surface area contributed by atoms with Crippen LogP contribution in [0.3, 0.4) is 0 Å². The lowest BCUT2D eigenvalue weighted by atomic mass is 9.81. The standard InChI is InChI=1S/C22H28F4N4O4/c1-21(2,3)34-20(33)29-18(12-4-6-22(25,26)7-5-12)15-11-30-17(28-15)8-13(10-27-30)14(19(31)32)9-16(23)24/h8,10-12,14,16,18H,4-7,9H2,1-3H3,(H,29,33)(H,31,32)/t14?,18-/m0/s1. The minimum atomic E-state index is -2.82. The summed E-state index contributed by atoms with van der Waals surface area (Å²) in [6, 6.07) is 0.587. The molecule has 1 fully saturated rings. The minimum absolute atomic E-state index is 0.0615. The molecule has 0 bridgehead atoms. The van der Waals surface area contributed by atoms with Gasteiger partial charge >= 0.3 is 12.1 Å². The molecule has 12 heteroatoms. The number of carbonyl (C=O) groups excluding carboxylic acids is 1. The number of ether oxygens (including phenoxy) is 1. The van der Waals surface area contributed by atoms with Gasteiger partial charge in [-0.1, -0.05) is 0 Å². The number of halogens is 4. The molecule has 188 valence electrons. The molecule has 2 atom stereocenters. The maximum absolute atomic E-state index is 13.7. The largest absolute Gasteiger partial charge is 0.481 e. The topological polar surface area (TPSA) is 106 Å². The predicted molar refractivity (Wildman–Crippen MR) is 113 cm³/mol. The van der Waals surface area contributed by atoms with Crippen LogP contribution in [0.5, 0.6) is 0 Å². The van der Waals surface area contributed by atoms with Gasteiger partial charge < -0.3 is 15.2 Å². The summed E-state index contributed by atoms with van der Waals surface area (Å²) in [4.78, 5) is 28.4. The molecule has 2 aromatic heterocycles. The lowest BCUT2D eigenvalue weighted by Gasteiger charge is -2.33. The number of amides is 1. The monoisotopic (exact) mass is 488 g/mol. The Balaban J connectivity index is 1.92. The Hall–Kier alpha value is -2.92. The van der Waals surface area contributed by atoms with Gasteiger partial charge in [0.1, 0.15) is 5.60 Å². The Morgan fingerprint density at radius 2 is 1.94 bits per heavy atom. The molecular formula is C22H28F4N4O4. The van der Waals surface area contributed by atoms with E-state index in [1.807, 2.05) is 0 Å².